The minimum atomic E-state index is -3.57. The number of phosphoric ester groups is 1. The second kappa shape index (κ2) is 8.39. The molecule has 140 valence electrons. The molecule has 0 unspecified atom stereocenters. The summed E-state index contributed by atoms with van der Waals surface area (Å²) in [7, 11) is -3.57. The van der Waals surface area contributed by atoms with Crippen molar-refractivity contribution in [2.24, 2.45) is 5.41 Å². The highest BCUT2D eigenvalue weighted by Crippen LogP contribution is 2.56. The quantitative estimate of drug-likeness (QED) is 0.521. The molecule has 0 aromatic heterocycles. The van der Waals surface area contributed by atoms with E-state index in [4.69, 9.17) is 13.6 Å². The highest BCUT2D eigenvalue weighted by atomic mass is 31.2. The first-order valence-electron chi connectivity index (χ1n) is 9.32. The summed E-state index contributed by atoms with van der Waals surface area (Å²) in [6.45, 7) is 5.13. The lowest BCUT2D eigenvalue weighted by Crippen LogP contribution is -2.35. The molecular weight excluding hydrogens is 347 g/mol. The minimum Gasteiger partial charge on any atom is -0.404 e. The van der Waals surface area contributed by atoms with Gasteiger partial charge < -0.3 is 4.52 Å². The fourth-order valence-corrected chi connectivity index (χ4v) is 4.55. The summed E-state index contributed by atoms with van der Waals surface area (Å²) in [4.78, 5) is 0. The first-order valence-corrected chi connectivity index (χ1v) is 10.8. The molecule has 1 aliphatic heterocycles. The SMILES string of the molecule is CCCCC1(CC)COP(=O)(Oc2cccc(-c3ccccc3)c2)OC1. The van der Waals surface area contributed by atoms with Gasteiger partial charge in [0.05, 0.1) is 13.2 Å². The van der Waals surface area contributed by atoms with Crippen LogP contribution in [0.15, 0.2) is 54.6 Å². The first-order chi connectivity index (χ1) is 12.6. The summed E-state index contributed by atoms with van der Waals surface area (Å²) >= 11 is 0. The average molecular weight is 374 g/mol. The van der Waals surface area contributed by atoms with Crippen LogP contribution in [0.2, 0.25) is 0 Å². The van der Waals surface area contributed by atoms with E-state index in [-0.39, 0.29) is 5.41 Å². The first kappa shape index (κ1) is 19.2. The molecule has 0 radical (unpaired) electrons. The van der Waals surface area contributed by atoms with Gasteiger partial charge in [0.2, 0.25) is 0 Å². The van der Waals surface area contributed by atoms with E-state index in [1.807, 2.05) is 48.5 Å². The number of phosphoric acid groups is 1. The van der Waals surface area contributed by atoms with E-state index in [1.165, 1.54) is 0 Å². The van der Waals surface area contributed by atoms with Gasteiger partial charge in [-0.3, -0.25) is 9.05 Å². The molecule has 4 nitrogen and oxygen atoms in total. The van der Waals surface area contributed by atoms with Crippen molar-refractivity contribution in [2.75, 3.05) is 13.2 Å². The van der Waals surface area contributed by atoms with Crippen molar-refractivity contribution in [3.63, 3.8) is 0 Å². The Morgan fingerprint density at radius 2 is 1.69 bits per heavy atom. The topological polar surface area (TPSA) is 44.8 Å². The van der Waals surface area contributed by atoms with E-state index in [9.17, 15) is 4.57 Å². The predicted octanol–water partition coefficient (Wildman–Crippen LogP) is 6.47. The Kier molecular flexibility index (Phi) is 6.18. The van der Waals surface area contributed by atoms with Crippen LogP contribution in [0.5, 0.6) is 5.75 Å². The van der Waals surface area contributed by atoms with Gasteiger partial charge in [-0.05, 0) is 36.1 Å². The molecule has 0 N–H and O–H groups in total. The molecule has 0 spiro atoms. The van der Waals surface area contributed by atoms with Crippen molar-refractivity contribution in [3.05, 3.63) is 54.6 Å². The Morgan fingerprint density at radius 3 is 2.35 bits per heavy atom. The summed E-state index contributed by atoms with van der Waals surface area (Å²) in [5.74, 6) is 0.493. The Hall–Kier alpha value is -1.61. The third-order valence-electron chi connectivity index (χ3n) is 5.03. The van der Waals surface area contributed by atoms with Gasteiger partial charge in [0.15, 0.2) is 0 Å². The van der Waals surface area contributed by atoms with E-state index in [0.29, 0.717) is 19.0 Å². The highest BCUT2D eigenvalue weighted by Gasteiger charge is 2.43. The van der Waals surface area contributed by atoms with E-state index >= 15 is 0 Å². The van der Waals surface area contributed by atoms with Crippen LogP contribution >= 0.6 is 7.82 Å². The van der Waals surface area contributed by atoms with Crippen LogP contribution in [0, 0.1) is 5.41 Å². The maximum atomic E-state index is 12.9. The molecule has 2 aromatic carbocycles. The maximum Gasteiger partial charge on any atom is 0.530 e. The van der Waals surface area contributed by atoms with Gasteiger partial charge in [-0.15, -0.1) is 0 Å². The van der Waals surface area contributed by atoms with Crippen LogP contribution < -0.4 is 4.52 Å². The van der Waals surface area contributed by atoms with E-state index in [0.717, 1.165) is 36.8 Å². The van der Waals surface area contributed by atoms with Crippen molar-refractivity contribution >= 4 is 7.82 Å². The summed E-state index contributed by atoms with van der Waals surface area (Å²) in [6, 6.07) is 17.5. The third-order valence-corrected chi connectivity index (χ3v) is 6.35. The zero-order chi connectivity index (χ0) is 18.5. The lowest BCUT2D eigenvalue weighted by Gasteiger charge is -2.38. The molecule has 1 saturated heterocycles. The Labute approximate surface area is 156 Å². The van der Waals surface area contributed by atoms with Gasteiger partial charge in [0.1, 0.15) is 5.75 Å². The fourth-order valence-electron chi connectivity index (χ4n) is 3.13. The molecule has 1 aliphatic rings. The highest BCUT2D eigenvalue weighted by molar-refractivity contribution is 7.49. The van der Waals surface area contributed by atoms with Gasteiger partial charge in [-0.2, -0.15) is 0 Å². The molecule has 2 aromatic rings. The van der Waals surface area contributed by atoms with Gasteiger partial charge >= 0.3 is 7.82 Å². The molecule has 0 aliphatic carbocycles. The smallest absolute Gasteiger partial charge is 0.404 e. The average Bonchev–Trinajstić information content (AvgIpc) is 2.69. The Bertz CT molecular complexity index is 748. The lowest BCUT2D eigenvalue weighted by atomic mass is 9.82. The van der Waals surface area contributed by atoms with Crippen LogP contribution in [0.25, 0.3) is 11.1 Å². The minimum absolute atomic E-state index is 0.0564. The van der Waals surface area contributed by atoms with Crippen LogP contribution in [-0.4, -0.2) is 13.2 Å². The number of benzene rings is 2. The molecule has 1 heterocycles. The lowest BCUT2D eigenvalue weighted by molar-refractivity contribution is -0.0115. The van der Waals surface area contributed by atoms with Crippen molar-refractivity contribution in [3.8, 4) is 16.9 Å². The summed E-state index contributed by atoms with van der Waals surface area (Å²) < 4.78 is 29.8. The van der Waals surface area contributed by atoms with Crippen LogP contribution in [0.4, 0.5) is 0 Å². The number of rotatable bonds is 7. The van der Waals surface area contributed by atoms with Crippen molar-refractivity contribution in [1.82, 2.24) is 0 Å². The summed E-state index contributed by atoms with van der Waals surface area (Å²) in [5, 5.41) is 0. The molecule has 1 fully saturated rings. The van der Waals surface area contributed by atoms with Crippen molar-refractivity contribution in [1.29, 1.82) is 0 Å². The third kappa shape index (κ3) is 4.56. The van der Waals surface area contributed by atoms with E-state index in [1.54, 1.807) is 6.07 Å². The van der Waals surface area contributed by atoms with Crippen molar-refractivity contribution in [2.45, 2.75) is 39.5 Å². The van der Waals surface area contributed by atoms with Gasteiger partial charge in [0, 0.05) is 5.41 Å². The van der Waals surface area contributed by atoms with E-state index < -0.39 is 7.82 Å². The van der Waals surface area contributed by atoms with Crippen LogP contribution in [0.3, 0.4) is 0 Å². The Morgan fingerprint density at radius 1 is 1.00 bits per heavy atom. The molecule has 0 amide bonds. The van der Waals surface area contributed by atoms with E-state index in [2.05, 4.69) is 13.8 Å². The number of hydrogen-bond acceptors (Lipinski definition) is 4. The van der Waals surface area contributed by atoms with Gasteiger partial charge in [0.25, 0.3) is 0 Å². The number of unbranched alkanes of at least 4 members (excludes halogenated alkanes) is 1. The second-order valence-corrected chi connectivity index (χ2v) is 8.53. The number of hydrogen-bond donors (Lipinski definition) is 0. The van der Waals surface area contributed by atoms with Gasteiger partial charge in [-0.25, -0.2) is 4.57 Å². The zero-order valence-corrected chi connectivity index (χ0v) is 16.4. The normalized spacial score (nSPS) is 25.8. The molecule has 3 rings (SSSR count). The van der Waals surface area contributed by atoms with Crippen LogP contribution in [0.1, 0.15) is 39.5 Å². The van der Waals surface area contributed by atoms with Gasteiger partial charge in [-0.1, -0.05) is 69.2 Å². The molecular formula is C21H27O4P. The summed E-state index contributed by atoms with van der Waals surface area (Å²) in [6.07, 6.45) is 4.20. The molecule has 0 atom stereocenters. The largest absolute Gasteiger partial charge is 0.530 e. The van der Waals surface area contributed by atoms with Crippen LogP contribution in [-0.2, 0) is 13.6 Å². The van der Waals surface area contributed by atoms with Crippen molar-refractivity contribution < 1.29 is 18.1 Å². The second-order valence-electron chi connectivity index (χ2n) is 6.94. The fraction of sp³-hybridized carbons (Fsp3) is 0.429. The Balaban J connectivity index is 1.69. The molecule has 0 bridgehead atoms. The maximum absolute atomic E-state index is 12.9. The summed E-state index contributed by atoms with van der Waals surface area (Å²) in [5.41, 5.74) is 2.02. The molecule has 5 heteroatoms. The monoisotopic (exact) mass is 374 g/mol. The predicted molar refractivity (Wildman–Crippen MR) is 104 cm³/mol. The zero-order valence-electron chi connectivity index (χ0n) is 15.5. The molecule has 26 heavy (non-hydrogen) atoms. The molecule has 0 saturated carbocycles. The standard InChI is InChI=1S/C21H27O4P/c1-3-5-14-21(4-2)16-23-26(22,24-17-21)25-20-13-9-12-19(15-20)18-10-7-6-8-11-18/h6-13,15H,3-5,14,16-17H2,1-2H3.